The van der Waals surface area contributed by atoms with Crippen molar-refractivity contribution in [3.05, 3.63) is 59.7 Å². The number of amides is 1. The lowest BCUT2D eigenvalue weighted by molar-refractivity contribution is -0.123. The van der Waals surface area contributed by atoms with Gasteiger partial charge in [-0.1, -0.05) is 12.1 Å². The van der Waals surface area contributed by atoms with Gasteiger partial charge in [-0.25, -0.2) is 0 Å². The first kappa shape index (κ1) is 25.7. The number of carbonyl (C=O) groups excluding carboxylic acids is 2. The number of nitrogens with one attached hydrogen (secondary N) is 1. The molecule has 37 heavy (non-hydrogen) atoms. The summed E-state index contributed by atoms with van der Waals surface area (Å²) >= 11 is 0. The van der Waals surface area contributed by atoms with Crippen molar-refractivity contribution >= 4 is 11.7 Å². The average molecular weight is 507 g/mol. The highest BCUT2D eigenvalue weighted by atomic mass is 16.5. The monoisotopic (exact) mass is 506 g/mol. The number of carbonyl (C=O) groups is 2. The maximum atomic E-state index is 12.9. The lowest BCUT2D eigenvalue weighted by Gasteiger charge is -2.35. The van der Waals surface area contributed by atoms with Crippen LogP contribution in [0.3, 0.4) is 0 Å². The summed E-state index contributed by atoms with van der Waals surface area (Å²) < 4.78 is 10.9. The Balaban J connectivity index is 1.13. The number of methoxy groups -OCH3 is 1. The summed E-state index contributed by atoms with van der Waals surface area (Å²) in [7, 11) is 1.60. The van der Waals surface area contributed by atoms with Crippen LogP contribution in [0, 0.1) is 5.41 Å². The zero-order valence-corrected chi connectivity index (χ0v) is 22.0. The molecule has 3 aliphatic rings. The van der Waals surface area contributed by atoms with Crippen LogP contribution in [0.25, 0.3) is 0 Å². The molecule has 0 aromatic heterocycles. The lowest BCUT2D eigenvalue weighted by atomic mass is 9.99. The fourth-order valence-corrected chi connectivity index (χ4v) is 5.94. The summed E-state index contributed by atoms with van der Waals surface area (Å²) in [6.45, 7) is 4.61. The number of ether oxygens (including phenoxy) is 2. The minimum Gasteiger partial charge on any atom is -0.497 e. The van der Waals surface area contributed by atoms with Crippen molar-refractivity contribution in [2.24, 2.45) is 5.41 Å². The second-order valence-corrected chi connectivity index (χ2v) is 11.1. The Bertz CT molecular complexity index is 1100. The van der Waals surface area contributed by atoms with Crippen molar-refractivity contribution in [1.29, 1.82) is 0 Å². The number of nitrogens with zero attached hydrogens (tertiary/aromatic N) is 1. The van der Waals surface area contributed by atoms with Crippen LogP contribution in [0.1, 0.15) is 74.4 Å². The topological polar surface area (TPSA) is 88.1 Å². The van der Waals surface area contributed by atoms with Crippen molar-refractivity contribution in [3.8, 4) is 11.5 Å². The van der Waals surface area contributed by atoms with Crippen molar-refractivity contribution in [2.75, 3.05) is 13.7 Å². The molecule has 1 heterocycles. The number of benzene rings is 2. The summed E-state index contributed by atoms with van der Waals surface area (Å²) in [5.74, 6) is 1.46. The molecule has 0 bridgehead atoms. The first-order valence-electron chi connectivity index (χ1n) is 13.5. The van der Waals surface area contributed by atoms with Crippen LogP contribution in [-0.2, 0) is 4.79 Å². The van der Waals surface area contributed by atoms with Gasteiger partial charge < -0.3 is 19.9 Å². The smallest absolute Gasteiger partial charge is 0.220 e. The van der Waals surface area contributed by atoms with E-state index in [1.165, 1.54) is 12.8 Å². The third kappa shape index (κ3) is 5.53. The first-order valence-corrected chi connectivity index (χ1v) is 13.5. The Morgan fingerprint density at radius 3 is 2.22 bits per heavy atom. The van der Waals surface area contributed by atoms with Gasteiger partial charge in [-0.2, -0.15) is 0 Å². The van der Waals surface area contributed by atoms with Gasteiger partial charge in [0.05, 0.1) is 19.3 Å². The van der Waals surface area contributed by atoms with Crippen LogP contribution in [0.2, 0.25) is 0 Å². The van der Waals surface area contributed by atoms with E-state index in [0.29, 0.717) is 55.3 Å². The van der Waals surface area contributed by atoms with E-state index < -0.39 is 6.10 Å². The molecule has 1 saturated heterocycles. The SMILES string of the molecule is COc1ccc(C(=O)CCCCC(=O)NC(CN2C3CC34CC24)C(O)c2ccc(OC(C)C)cc2)cc1. The van der Waals surface area contributed by atoms with Crippen LogP contribution in [0.15, 0.2) is 48.5 Å². The molecule has 1 amide bonds. The number of likely N-dealkylation sites (tertiary alicyclic amines) is 1. The molecule has 2 N–H and O–H groups in total. The van der Waals surface area contributed by atoms with Crippen molar-refractivity contribution in [3.63, 3.8) is 0 Å². The highest BCUT2D eigenvalue weighted by Gasteiger charge is 2.83. The molecule has 5 rings (SSSR count). The second kappa shape index (κ2) is 10.5. The Morgan fingerprint density at radius 2 is 1.62 bits per heavy atom. The Labute approximate surface area is 219 Å². The van der Waals surface area contributed by atoms with Gasteiger partial charge in [-0.3, -0.25) is 14.5 Å². The molecule has 0 radical (unpaired) electrons. The number of aliphatic hydroxyl groups is 1. The standard InChI is InChI=1S/C30H38N2O5/c1-19(2)37-23-14-10-21(11-15-23)29(35)24(18-32-26-16-30(26)17-27(30)32)31-28(34)7-5-4-6-25(33)20-8-12-22(36-3)13-9-20/h8-15,19,24,26-27,29,35H,4-7,16-18H2,1-3H3,(H,31,34). The number of aliphatic hydroxyl groups excluding tert-OH is 1. The summed E-state index contributed by atoms with van der Waals surface area (Å²) in [6, 6.07) is 15.5. The summed E-state index contributed by atoms with van der Waals surface area (Å²) in [4.78, 5) is 27.8. The van der Waals surface area contributed by atoms with E-state index >= 15 is 0 Å². The molecule has 1 aliphatic heterocycles. The molecule has 198 valence electrons. The molecular formula is C30H38N2O5. The number of ketones is 1. The quantitative estimate of drug-likeness (QED) is 0.294. The van der Waals surface area contributed by atoms with Crippen LogP contribution < -0.4 is 14.8 Å². The minimum atomic E-state index is -0.804. The van der Waals surface area contributed by atoms with E-state index in [2.05, 4.69) is 10.2 Å². The minimum absolute atomic E-state index is 0.0661. The maximum Gasteiger partial charge on any atom is 0.220 e. The van der Waals surface area contributed by atoms with Crippen molar-refractivity contribution < 1.29 is 24.2 Å². The highest BCUT2D eigenvalue weighted by molar-refractivity contribution is 5.96. The number of hydrogen-bond acceptors (Lipinski definition) is 6. The van der Waals surface area contributed by atoms with Crippen molar-refractivity contribution in [1.82, 2.24) is 10.2 Å². The number of rotatable bonds is 14. The van der Waals surface area contributed by atoms with E-state index in [0.717, 1.165) is 17.1 Å². The first-order chi connectivity index (χ1) is 17.8. The molecule has 7 heteroatoms. The normalized spacial score (nSPS) is 24.8. The van der Waals surface area contributed by atoms with Gasteiger partial charge in [0.1, 0.15) is 17.6 Å². The number of piperidine rings is 1. The van der Waals surface area contributed by atoms with Gasteiger partial charge in [0.25, 0.3) is 0 Å². The second-order valence-electron chi connectivity index (χ2n) is 11.1. The van der Waals surface area contributed by atoms with Crippen LogP contribution in [0.4, 0.5) is 0 Å². The van der Waals surface area contributed by atoms with Crippen LogP contribution in [0.5, 0.6) is 11.5 Å². The van der Waals surface area contributed by atoms with Gasteiger partial charge in [0.15, 0.2) is 5.78 Å². The average Bonchev–Trinajstić information content (AvgIpc) is 3.76. The van der Waals surface area contributed by atoms with Crippen LogP contribution >= 0.6 is 0 Å². The fourth-order valence-electron chi connectivity index (χ4n) is 5.94. The Morgan fingerprint density at radius 1 is 1.00 bits per heavy atom. The zero-order valence-electron chi connectivity index (χ0n) is 22.0. The molecule has 4 unspecified atom stereocenters. The van der Waals surface area contributed by atoms with Gasteiger partial charge in [0, 0.05) is 42.4 Å². The summed E-state index contributed by atoms with van der Waals surface area (Å²) in [5, 5.41) is 14.3. The molecule has 4 atom stereocenters. The lowest BCUT2D eigenvalue weighted by Crippen LogP contribution is -2.51. The summed E-state index contributed by atoms with van der Waals surface area (Å²) in [6.07, 6.45) is 3.79. The Hall–Kier alpha value is -2.90. The van der Waals surface area contributed by atoms with E-state index in [-0.39, 0.29) is 23.8 Å². The third-order valence-corrected chi connectivity index (χ3v) is 8.15. The molecule has 2 aromatic carbocycles. The molecule has 2 aliphatic carbocycles. The van der Waals surface area contributed by atoms with E-state index in [1.54, 1.807) is 31.4 Å². The molecule has 2 saturated carbocycles. The number of unbranched alkanes of at least 4 members (excludes halogenated alkanes) is 1. The summed E-state index contributed by atoms with van der Waals surface area (Å²) in [5.41, 5.74) is 2.01. The molecular weight excluding hydrogens is 468 g/mol. The third-order valence-electron chi connectivity index (χ3n) is 8.15. The Kier molecular flexibility index (Phi) is 7.28. The van der Waals surface area contributed by atoms with E-state index in [4.69, 9.17) is 9.47 Å². The van der Waals surface area contributed by atoms with Crippen LogP contribution in [-0.4, -0.2) is 59.6 Å². The molecule has 7 nitrogen and oxygen atoms in total. The van der Waals surface area contributed by atoms with Gasteiger partial charge in [0.2, 0.25) is 5.91 Å². The predicted molar refractivity (Wildman–Crippen MR) is 141 cm³/mol. The largest absolute Gasteiger partial charge is 0.497 e. The zero-order chi connectivity index (χ0) is 26.2. The number of hydrogen-bond donors (Lipinski definition) is 2. The van der Waals surface area contributed by atoms with Gasteiger partial charge in [-0.15, -0.1) is 0 Å². The predicted octanol–water partition coefficient (Wildman–Crippen LogP) is 4.29. The number of Topliss-reactive ketones (excluding diaryl/α,β-unsaturated/α-hetero) is 1. The van der Waals surface area contributed by atoms with Crippen molar-refractivity contribution in [2.45, 2.75) is 82.7 Å². The molecule has 3 fully saturated rings. The highest BCUT2D eigenvalue weighted by Crippen LogP contribution is 2.79. The fraction of sp³-hybridized carbons (Fsp3) is 0.533. The van der Waals surface area contributed by atoms with Gasteiger partial charge >= 0.3 is 0 Å². The molecule has 1 spiro atoms. The van der Waals surface area contributed by atoms with Gasteiger partial charge in [-0.05, 0) is 81.5 Å². The van der Waals surface area contributed by atoms with E-state index in [9.17, 15) is 14.7 Å². The van der Waals surface area contributed by atoms with E-state index in [1.807, 2.05) is 38.1 Å². The maximum absolute atomic E-state index is 12.9. The molecule has 2 aromatic rings.